The number of carbonyl (C=O) groups is 1. The van der Waals surface area contributed by atoms with Crippen LogP contribution in [0, 0.1) is 17.1 Å². The first-order valence-corrected chi connectivity index (χ1v) is 9.45. The minimum absolute atomic E-state index is 0.0283. The summed E-state index contributed by atoms with van der Waals surface area (Å²) in [6.07, 6.45) is -1.32. The van der Waals surface area contributed by atoms with Gasteiger partial charge in [-0.15, -0.1) is 0 Å². The van der Waals surface area contributed by atoms with Crippen molar-refractivity contribution in [2.75, 3.05) is 6.67 Å². The minimum atomic E-state index is -2.73. The average Bonchev–Trinajstić information content (AvgIpc) is 2.73. The highest BCUT2D eigenvalue weighted by atomic mass is 19.3. The Hall–Kier alpha value is -3.74. The first-order chi connectivity index (χ1) is 15.1. The Morgan fingerprint density at radius 2 is 2.09 bits per heavy atom. The van der Waals surface area contributed by atoms with Gasteiger partial charge in [0.25, 0.3) is 6.02 Å². The second-order valence-electron chi connectivity index (χ2n) is 7.30. The fourth-order valence-electron chi connectivity index (χ4n) is 3.45. The number of hydrogen-bond donors (Lipinski definition) is 1. The van der Waals surface area contributed by atoms with Crippen molar-refractivity contribution in [1.82, 2.24) is 4.98 Å². The molecule has 1 aliphatic heterocycles. The number of pyridine rings is 1. The summed E-state index contributed by atoms with van der Waals surface area (Å²) in [6.45, 7) is 0.536. The molecule has 10 heteroatoms. The third-order valence-corrected chi connectivity index (χ3v) is 4.83. The van der Waals surface area contributed by atoms with E-state index in [1.54, 1.807) is 6.07 Å². The van der Waals surface area contributed by atoms with Gasteiger partial charge in [-0.2, -0.15) is 5.26 Å². The van der Waals surface area contributed by atoms with Gasteiger partial charge in [0.05, 0.1) is 5.56 Å². The van der Waals surface area contributed by atoms with Crippen molar-refractivity contribution in [2.45, 2.75) is 31.7 Å². The van der Waals surface area contributed by atoms with E-state index in [2.05, 4.69) is 9.98 Å². The Labute approximate surface area is 181 Å². The van der Waals surface area contributed by atoms with E-state index in [0.717, 1.165) is 12.3 Å². The molecule has 0 saturated heterocycles. The number of benzene rings is 1. The molecular formula is C22H18F4N4O2. The van der Waals surface area contributed by atoms with E-state index in [9.17, 15) is 22.4 Å². The highest BCUT2D eigenvalue weighted by Gasteiger charge is 2.32. The number of halogens is 4. The van der Waals surface area contributed by atoms with Crippen LogP contribution in [-0.2, 0) is 23.1 Å². The molecular weight excluding hydrogens is 428 g/mol. The molecule has 1 aliphatic rings. The van der Waals surface area contributed by atoms with E-state index in [-0.39, 0.29) is 40.6 Å². The Morgan fingerprint density at radius 1 is 1.34 bits per heavy atom. The number of nitrogens with zero attached hydrogens (tertiary/aromatic N) is 3. The van der Waals surface area contributed by atoms with Gasteiger partial charge in [0.1, 0.15) is 35.6 Å². The molecule has 166 valence electrons. The lowest BCUT2D eigenvalue weighted by molar-refractivity contribution is 0.0985. The summed E-state index contributed by atoms with van der Waals surface area (Å²) in [5.41, 5.74) is 4.43. The number of rotatable bonds is 7. The monoisotopic (exact) mass is 446 g/mol. The zero-order valence-corrected chi connectivity index (χ0v) is 16.9. The molecule has 0 bridgehead atoms. The molecule has 0 amide bonds. The highest BCUT2D eigenvalue weighted by molar-refractivity contribution is 5.97. The van der Waals surface area contributed by atoms with Gasteiger partial charge in [-0.3, -0.25) is 9.78 Å². The van der Waals surface area contributed by atoms with Crippen molar-refractivity contribution < 1.29 is 27.1 Å². The quantitative estimate of drug-likeness (QED) is 0.516. The second-order valence-corrected chi connectivity index (χ2v) is 7.30. The summed E-state index contributed by atoms with van der Waals surface area (Å²) in [7, 11) is 0. The maximum Gasteiger partial charge on any atom is 0.288 e. The lowest BCUT2D eigenvalue weighted by atomic mass is 9.88. The largest absolute Gasteiger partial charge is 0.428 e. The standard InChI is InChI=1S/C22H18F4N4O2/c1-22(8-15(9-23)32-21(28)30-22)16-5-12(2-3-17(16)24)6-18(31)20-14(7-19(25)26)4-13(10-27)11-29-20/h2-5,8,11,19H,6-7,9H2,1H3,(H2,28,30)/t22-/m0/s1. The SMILES string of the molecule is C[C@@]1(c2cc(CC(=O)c3ncc(C#N)cc3CC(F)F)ccc2F)C=C(CF)OC(N)=N1. The second kappa shape index (κ2) is 9.18. The number of carbonyl (C=O) groups excluding carboxylic acids is 1. The average molecular weight is 446 g/mol. The van der Waals surface area contributed by atoms with Gasteiger partial charge in [-0.05, 0) is 42.3 Å². The van der Waals surface area contributed by atoms with Crippen LogP contribution in [0.1, 0.15) is 39.7 Å². The normalized spacial score (nSPS) is 17.9. The van der Waals surface area contributed by atoms with E-state index in [1.807, 2.05) is 0 Å². The van der Waals surface area contributed by atoms with Crippen LogP contribution in [0.15, 0.2) is 47.3 Å². The zero-order chi connectivity index (χ0) is 23.5. The van der Waals surface area contributed by atoms with Gasteiger partial charge in [-0.1, -0.05) is 6.07 Å². The van der Waals surface area contributed by atoms with Crippen molar-refractivity contribution in [3.63, 3.8) is 0 Å². The van der Waals surface area contributed by atoms with Crippen LogP contribution in [0.5, 0.6) is 0 Å². The van der Waals surface area contributed by atoms with Crippen molar-refractivity contribution in [2.24, 2.45) is 10.7 Å². The van der Waals surface area contributed by atoms with Crippen LogP contribution in [0.3, 0.4) is 0 Å². The maximum atomic E-state index is 14.6. The van der Waals surface area contributed by atoms with Crippen molar-refractivity contribution in [1.29, 1.82) is 5.26 Å². The van der Waals surface area contributed by atoms with Crippen LogP contribution in [0.25, 0.3) is 0 Å². The molecule has 1 aromatic carbocycles. The minimum Gasteiger partial charge on any atom is -0.428 e. The fourth-order valence-corrected chi connectivity index (χ4v) is 3.45. The molecule has 0 radical (unpaired) electrons. The number of amidine groups is 1. The van der Waals surface area contributed by atoms with E-state index >= 15 is 0 Å². The first-order valence-electron chi connectivity index (χ1n) is 9.45. The van der Waals surface area contributed by atoms with Crippen LogP contribution >= 0.6 is 0 Å². The molecule has 1 atom stereocenters. The van der Waals surface area contributed by atoms with Crippen LogP contribution in [0.4, 0.5) is 17.6 Å². The third-order valence-electron chi connectivity index (χ3n) is 4.83. The number of alkyl halides is 3. The Balaban J connectivity index is 1.95. The predicted molar refractivity (Wildman–Crippen MR) is 107 cm³/mol. The Bertz CT molecular complexity index is 1160. The van der Waals surface area contributed by atoms with Gasteiger partial charge >= 0.3 is 0 Å². The topological polar surface area (TPSA) is 101 Å². The van der Waals surface area contributed by atoms with Crippen LogP contribution in [-0.4, -0.2) is 29.9 Å². The Kier molecular flexibility index (Phi) is 6.58. The molecule has 6 nitrogen and oxygen atoms in total. The van der Waals surface area contributed by atoms with Gasteiger partial charge < -0.3 is 10.5 Å². The lowest BCUT2D eigenvalue weighted by Crippen LogP contribution is -2.31. The summed E-state index contributed by atoms with van der Waals surface area (Å²) in [6, 6.07) is 6.53. The van der Waals surface area contributed by atoms with Crippen LogP contribution in [0.2, 0.25) is 0 Å². The van der Waals surface area contributed by atoms with E-state index < -0.39 is 36.7 Å². The van der Waals surface area contributed by atoms with Crippen molar-refractivity contribution in [3.8, 4) is 6.07 Å². The lowest BCUT2D eigenvalue weighted by Gasteiger charge is -2.28. The molecule has 3 rings (SSSR count). The summed E-state index contributed by atoms with van der Waals surface area (Å²) in [5.74, 6) is -1.37. The summed E-state index contributed by atoms with van der Waals surface area (Å²) in [5, 5.41) is 8.97. The predicted octanol–water partition coefficient (Wildman–Crippen LogP) is 3.74. The number of ketones is 1. The van der Waals surface area contributed by atoms with E-state index in [4.69, 9.17) is 15.7 Å². The molecule has 1 aromatic heterocycles. The van der Waals surface area contributed by atoms with Crippen molar-refractivity contribution >= 4 is 11.8 Å². The number of nitriles is 1. The maximum absolute atomic E-state index is 14.6. The molecule has 2 N–H and O–H groups in total. The van der Waals surface area contributed by atoms with E-state index in [1.165, 1.54) is 31.2 Å². The molecule has 0 saturated carbocycles. The molecule has 2 heterocycles. The summed E-state index contributed by atoms with van der Waals surface area (Å²) < 4.78 is 58.6. The number of nitrogens with two attached hydrogens (primary N) is 1. The number of Topliss-reactive ketones (excluding diaryl/α,β-unsaturated/α-hetero) is 1. The number of allylic oxidation sites excluding steroid dienone is 1. The number of aromatic nitrogens is 1. The van der Waals surface area contributed by atoms with E-state index in [0.29, 0.717) is 5.56 Å². The number of hydrogen-bond acceptors (Lipinski definition) is 6. The highest BCUT2D eigenvalue weighted by Crippen LogP contribution is 2.34. The smallest absolute Gasteiger partial charge is 0.288 e. The summed E-state index contributed by atoms with van der Waals surface area (Å²) >= 11 is 0. The summed E-state index contributed by atoms with van der Waals surface area (Å²) in [4.78, 5) is 20.8. The van der Waals surface area contributed by atoms with Gasteiger partial charge in [0.2, 0.25) is 6.43 Å². The fraction of sp³-hybridized carbons (Fsp3) is 0.273. The Morgan fingerprint density at radius 3 is 2.75 bits per heavy atom. The third kappa shape index (κ3) is 4.94. The molecule has 0 spiro atoms. The number of ether oxygens (including phenoxy) is 1. The van der Waals surface area contributed by atoms with Gasteiger partial charge in [-0.25, -0.2) is 22.6 Å². The molecule has 32 heavy (non-hydrogen) atoms. The van der Waals surface area contributed by atoms with Gasteiger partial charge in [0.15, 0.2) is 5.78 Å². The van der Waals surface area contributed by atoms with Crippen LogP contribution < -0.4 is 5.73 Å². The molecule has 0 unspecified atom stereocenters. The molecule has 2 aromatic rings. The van der Waals surface area contributed by atoms with Gasteiger partial charge in [0, 0.05) is 24.6 Å². The number of aliphatic imine (C=N–C) groups is 1. The zero-order valence-electron chi connectivity index (χ0n) is 16.9. The molecule has 0 fully saturated rings. The first kappa shape index (κ1) is 22.9. The molecule has 0 aliphatic carbocycles. The van der Waals surface area contributed by atoms with Crippen molar-refractivity contribution in [3.05, 3.63) is 76.1 Å².